The molecule has 72 valence electrons. The van der Waals surface area contributed by atoms with Crippen molar-refractivity contribution < 1.29 is 104 Å². The van der Waals surface area contributed by atoms with Gasteiger partial charge < -0.3 is 25.2 Å². The monoisotopic (exact) mass is 314 g/mol. The second-order valence-electron chi connectivity index (χ2n) is 1.30. The van der Waals surface area contributed by atoms with E-state index in [1.807, 2.05) is 0 Å². The van der Waals surface area contributed by atoms with E-state index in [1.54, 1.807) is 0 Å². The van der Waals surface area contributed by atoms with Crippen LogP contribution in [0, 0.1) is 0 Å². The van der Waals surface area contributed by atoms with Crippen molar-refractivity contribution >= 4 is 18.1 Å². The summed E-state index contributed by atoms with van der Waals surface area (Å²) in [4.78, 5) is 26.4. The van der Waals surface area contributed by atoms with Gasteiger partial charge in [0.05, 0.1) is 0 Å². The van der Waals surface area contributed by atoms with Gasteiger partial charge in [-0.05, 0) is 0 Å². The minimum absolute atomic E-state index is 0. The Morgan fingerprint density at radius 2 is 0.923 bits per heavy atom. The van der Waals surface area contributed by atoms with Gasteiger partial charge in [-0.3, -0.25) is 9.59 Å². The summed E-state index contributed by atoms with van der Waals surface area (Å²) >= 11 is 0. The maximum absolute atomic E-state index is 9.00. The van der Waals surface area contributed by atoms with Crippen LogP contribution in [0.2, 0.25) is 0 Å². The summed E-state index contributed by atoms with van der Waals surface area (Å²) in [7, 11) is 0. The molecule has 0 aliphatic carbocycles. The average Bonchev–Trinajstić information content (AvgIpc) is 1.54. The van der Waals surface area contributed by atoms with Crippen molar-refractivity contribution in [3.05, 3.63) is 0 Å². The molecule has 0 aromatic carbocycles. The number of rotatable bonds is 0. The molecule has 0 radical (unpaired) electrons. The molecule has 0 spiro atoms. The first kappa shape index (κ1) is 23.2. The zero-order valence-corrected chi connectivity index (χ0v) is 13.8. The SMILES string of the molecule is CC(=O)O.CC(=O)O.O=C([O-])O.[Cs+]. The molecule has 0 atom stereocenters. The summed E-state index contributed by atoms with van der Waals surface area (Å²) in [6.45, 7) is 2.17. The zero-order valence-electron chi connectivity index (χ0n) is 7.47. The fraction of sp³-hybridized carbons (Fsp3) is 0.400. The molecule has 0 aromatic rings. The van der Waals surface area contributed by atoms with Crippen molar-refractivity contribution in [2.75, 3.05) is 0 Å². The summed E-state index contributed by atoms with van der Waals surface area (Å²) in [5.74, 6) is -1.67. The van der Waals surface area contributed by atoms with E-state index in [0.29, 0.717) is 0 Å². The van der Waals surface area contributed by atoms with E-state index in [0.717, 1.165) is 13.8 Å². The normalized spacial score (nSPS) is 5.69. The molecule has 0 aliphatic rings. The second-order valence-corrected chi connectivity index (χ2v) is 1.30. The summed E-state index contributed by atoms with van der Waals surface area (Å²) in [6, 6.07) is 0. The molecule has 0 unspecified atom stereocenters. The van der Waals surface area contributed by atoms with E-state index >= 15 is 0 Å². The Bertz CT molecular complexity index is 114. The molecule has 0 rings (SSSR count). The fourth-order valence-corrected chi connectivity index (χ4v) is 0. The molecule has 3 N–H and O–H groups in total. The van der Waals surface area contributed by atoms with Gasteiger partial charge in [0.25, 0.3) is 11.9 Å². The molecule has 0 fully saturated rings. The predicted octanol–water partition coefficient (Wildman–Crippen LogP) is -3.93. The van der Waals surface area contributed by atoms with E-state index in [1.165, 1.54) is 0 Å². The molecule has 0 saturated carbocycles. The van der Waals surface area contributed by atoms with Crippen LogP contribution in [0.3, 0.4) is 0 Å². The van der Waals surface area contributed by atoms with Crippen LogP contribution in [0.4, 0.5) is 4.79 Å². The van der Waals surface area contributed by atoms with Crippen LogP contribution in [0.5, 0.6) is 0 Å². The van der Waals surface area contributed by atoms with Crippen LogP contribution in [0.15, 0.2) is 0 Å². The van der Waals surface area contributed by atoms with Gasteiger partial charge in [0.1, 0.15) is 0 Å². The zero-order chi connectivity index (χ0) is 10.7. The second kappa shape index (κ2) is 18.1. The average molecular weight is 314 g/mol. The van der Waals surface area contributed by atoms with Crippen LogP contribution in [0.25, 0.3) is 0 Å². The first-order chi connectivity index (χ1) is 5.20. The van der Waals surface area contributed by atoms with E-state index in [2.05, 4.69) is 0 Å². The molecule has 0 aliphatic heterocycles. The Morgan fingerprint density at radius 1 is 0.923 bits per heavy atom. The van der Waals surface area contributed by atoms with Crippen molar-refractivity contribution in [2.24, 2.45) is 0 Å². The van der Waals surface area contributed by atoms with Crippen LogP contribution in [-0.4, -0.2) is 33.4 Å². The third kappa shape index (κ3) is 18800. The van der Waals surface area contributed by atoms with Crippen molar-refractivity contribution in [3.8, 4) is 0 Å². The van der Waals surface area contributed by atoms with Crippen LogP contribution < -0.4 is 74.0 Å². The first-order valence-electron chi connectivity index (χ1n) is 2.49. The maximum Gasteiger partial charge on any atom is 1.00 e. The number of hydrogen-bond acceptors (Lipinski definition) is 4. The number of carbonyl (C=O) groups is 3. The quantitative estimate of drug-likeness (QED) is 0.415. The molecule has 0 amide bonds. The Labute approximate surface area is 133 Å². The minimum Gasteiger partial charge on any atom is -0.565 e. The van der Waals surface area contributed by atoms with Crippen LogP contribution in [0.1, 0.15) is 13.8 Å². The molecule has 0 saturated heterocycles. The van der Waals surface area contributed by atoms with E-state index in [9.17, 15) is 0 Å². The van der Waals surface area contributed by atoms with Gasteiger partial charge >= 0.3 is 68.9 Å². The molecule has 7 nitrogen and oxygen atoms in total. The number of carboxylic acid groups (broad SMARTS) is 4. The third-order valence-electron chi connectivity index (χ3n) is 0. The summed E-state index contributed by atoms with van der Waals surface area (Å²) in [6.07, 6.45) is -2.08. The fourth-order valence-electron chi connectivity index (χ4n) is 0. The van der Waals surface area contributed by atoms with Gasteiger partial charge in [0.2, 0.25) is 6.16 Å². The van der Waals surface area contributed by atoms with Crippen molar-refractivity contribution in [1.29, 1.82) is 0 Å². The van der Waals surface area contributed by atoms with Gasteiger partial charge in [-0.1, -0.05) is 0 Å². The molecular formula is C5H9CsO7. The smallest absolute Gasteiger partial charge is 0.565 e. The van der Waals surface area contributed by atoms with Gasteiger partial charge in [0, 0.05) is 13.8 Å². The molecule has 0 aromatic heterocycles. The van der Waals surface area contributed by atoms with Gasteiger partial charge in [-0.2, -0.15) is 0 Å². The number of carboxylic acids is 2. The Balaban J connectivity index is -0.0000000450. The topological polar surface area (TPSA) is 135 Å². The molecule has 0 heterocycles. The third-order valence-corrected chi connectivity index (χ3v) is 0. The standard InChI is InChI=1S/2C2H4O2.CH2O3.Cs/c2*1-2(3)4;2-1(3)4;/h2*1H3,(H,3,4);(H2,2,3,4);/q;;;+1/p-1. The van der Waals surface area contributed by atoms with Gasteiger partial charge in [-0.15, -0.1) is 0 Å². The van der Waals surface area contributed by atoms with Gasteiger partial charge in [-0.25, -0.2) is 0 Å². The summed E-state index contributed by atoms with van der Waals surface area (Å²) in [5.41, 5.74) is 0. The number of aliphatic carboxylic acids is 2. The number of hydrogen-bond donors (Lipinski definition) is 3. The maximum atomic E-state index is 9.00. The van der Waals surface area contributed by atoms with Gasteiger partial charge in [0.15, 0.2) is 0 Å². The molecule has 13 heavy (non-hydrogen) atoms. The first-order valence-corrected chi connectivity index (χ1v) is 2.49. The molecular weight excluding hydrogens is 305 g/mol. The van der Waals surface area contributed by atoms with E-state index < -0.39 is 18.1 Å². The van der Waals surface area contributed by atoms with Crippen molar-refractivity contribution in [2.45, 2.75) is 13.8 Å². The van der Waals surface area contributed by atoms with Crippen LogP contribution >= 0.6 is 0 Å². The van der Waals surface area contributed by atoms with Crippen LogP contribution in [-0.2, 0) is 9.59 Å². The summed E-state index contributed by atoms with van der Waals surface area (Å²) in [5, 5.41) is 30.1. The molecule has 0 bridgehead atoms. The van der Waals surface area contributed by atoms with E-state index in [-0.39, 0.29) is 68.9 Å². The predicted molar refractivity (Wildman–Crippen MR) is 34.6 cm³/mol. The Hall–Kier alpha value is 0.262. The van der Waals surface area contributed by atoms with Crippen molar-refractivity contribution in [3.63, 3.8) is 0 Å². The molecule has 8 heteroatoms. The van der Waals surface area contributed by atoms with Crippen molar-refractivity contribution in [1.82, 2.24) is 0 Å². The minimum atomic E-state index is -2.08. The Kier molecular flexibility index (Phi) is 32.4. The Morgan fingerprint density at radius 3 is 0.923 bits per heavy atom. The van der Waals surface area contributed by atoms with E-state index in [4.69, 9.17) is 34.8 Å². The largest absolute Gasteiger partial charge is 1.00 e. The summed E-state index contributed by atoms with van der Waals surface area (Å²) < 4.78 is 0.